The van der Waals surface area contributed by atoms with Crippen molar-refractivity contribution in [2.75, 3.05) is 13.1 Å². The molecule has 1 aliphatic rings. The third-order valence-electron chi connectivity index (χ3n) is 5.64. The van der Waals surface area contributed by atoms with Gasteiger partial charge >= 0.3 is 0 Å². The number of piperidine rings is 1. The van der Waals surface area contributed by atoms with Crippen molar-refractivity contribution in [1.82, 2.24) is 24.8 Å². The SMILES string of the molecule is Cc1cc(C)n2ncc(C(=O)N3CCC(NC(=O)CCc4ccccc4)CC3)c2n1. The maximum atomic E-state index is 13.0. The van der Waals surface area contributed by atoms with Crippen LogP contribution in [0.25, 0.3) is 5.65 Å². The third kappa shape index (κ3) is 4.35. The Kier molecular flexibility index (Phi) is 5.79. The molecule has 156 valence electrons. The normalized spacial score (nSPS) is 14.8. The number of aryl methyl sites for hydroxylation is 3. The largest absolute Gasteiger partial charge is 0.353 e. The van der Waals surface area contributed by atoms with Crippen LogP contribution >= 0.6 is 0 Å². The van der Waals surface area contributed by atoms with Gasteiger partial charge in [0.05, 0.1) is 6.20 Å². The van der Waals surface area contributed by atoms with Crippen molar-refractivity contribution in [3.63, 3.8) is 0 Å². The third-order valence-corrected chi connectivity index (χ3v) is 5.64. The van der Waals surface area contributed by atoms with E-state index >= 15 is 0 Å². The van der Waals surface area contributed by atoms with Gasteiger partial charge in [0.1, 0.15) is 5.56 Å². The highest BCUT2D eigenvalue weighted by Crippen LogP contribution is 2.18. The lowest BCUT2D eigenvalue weighted by Crippen LogP contribution is -2.46. The number of carbonyl (C=O) groups excluding carboxylic acids is 2. The van der Waals surface area contributed by atoms with E-state index in [4.69, 9.17) is 0 Å². The molecule has 0 unspecified atom stereocenters. The first-order chi connectivity index (χ1) is 14.5. The van der Waals surface area contributed by atoms with Crippen LogP contribution in [0.15, 0.2) is 42.6 Å². The van der Waals surface area contributed by atoms with E-state index in [1.54, 1.807) is 10.7 Å². The Morgan fingerprint density at radius 3 is 2.60 bits per heavy atom. The number of amides is 2. The number of hydrogen-bond acceptors (Lipinski definition) is 4. The Morgan fingerprint density at radius 1 is 1.13 bits per heavy atom. The van der Waals surface area contributed by atoms with E-state index in [0.717, 1.165) is 30.7 Å². The average molecular weight is 406 g/mol. The molecule has 3 heterocycles. The van der Waals surface area contributed by atoms with Crippen LogP contribution in [-0.4, -0.2) is 50.4 Å². The van der Waals surface area contributed by atoms with Crippen molar-refractivity contribution in [1.29, 1.82) is 0 Å². The first-order valence-corrected chi connectivity index (χ1v) is 10.5. The van der Waals surface area contributed by atoms with Gasteiger partial charge in [0.25, 0.3) is 5.91 Å². The molecule has 1 fully saturated rings. The number of aromatic nitrogens is 3. The first-order valence-electron chi connectivity index (χ1n) is 10.5. The van der Waals surface area contributed by atoms with Crippen molar-refractivity contribution in [3.05, 3.63) is 65.1 Å². The Hall–Kier alpha value is -3.22. The van der Waals surface area contributed by atoms with Gasteiger partial charge in [0, 0.05) is 36.9 Å². The average Bonchev–Trinajstić information content (AvgIpc) is 3.17. The van der Waals surface area contributed by atoms with Crippen molar-refractivity contribution in [2.24, 2.45) is 0 Å². The molecule has 0 bridgehead atoms. The molecule has 2 aromatic heterocycles. The number of likely N-dealkylation sites (tertiary alicyclic amines) is 1. The molecule has 2 amide bonds. The minimum absolute atomic E-state index is 0.0450. The van der Waals surface area contributed by atoms with Gasteiger partial charge in [-0.25, -0.2) is 9.50 Å². The molecule has 7 heteroatoms. The standard InChI is InChI=1S/C23H27N5O2/c1-16-14-17(2)28-22(25-16)20(15-24-28)23(30)27-12-10-19(11-13-27)26-21(29)9-8-18-6-4-3-5-7-18/h3-7,14-15,19H,8-13H2,1-2H3,(H,26,29). The fraction of sp³-hybridized carbons (Fsp3) is 0.391. The molecule has 1 N–H and O–H groups in total. The fourth-order valence-electron chi connectivity index (χ4n) is 4.02. The second-order valence-electron chi connectivity index (χ2n) is 7.95. The predicted molar refractivity (Wildman–Crippen MR) is 114 cm³/mol. The summed E-state index contributed by atoms with van der Waals surface area (Å²) in [4.78, 5) is 31.7. The molecule has 0 radical (unpaired) electrons. The summed E-state index contributed by atoms with van der Waals surface area (Å²) in [6, 6.07) is 12.1. The summed E-state index contributed by atoms with van der Waals surface area (Å²) < 4.78 is 1.71. The summed E-state index contributed by atoms with van der Waals surface area (Å²) in [5.41, 5.74) is 4.13. The monoisotopic (exact) mass is 405 g/mol. The van der Waals surface area contributed by atoms with Crippen molar-refractivity contribution >= 4 is 17.5 Å². The zero-order chi connectivity index (χ0) is 21.1. The number of carbonyl (C=O) groups is 2. The van der Waals surface area contributed by atoms with E-state index < -0.39 is 0 Å². The van der Waals surface area contributed by atoms with Gasteiger partial charge in [-0.1, -0.05) is 30.3 Å². The summed E-state index contributed by atoms with van der Waals surface area (Å²) in [6.45, 7) is 5.10. The van der Waals surface area contributed by atoms with Gasteiger partial charge in [0.15, 0.2) is 5.65 Å². The summed E-state index contributed by atoms with van der Waals surface area (Å²) in [5.74, 6) is 0.0257. The number of nitrogens with zero attached hydrogens (tertiary/aromatic N) is 4. The van der Waals surface area contributed by atoms with Gasteiger partial charge in [-0.2, -0.15) is 5.10 Å². The van der Waals surface area contributed by atoms with E-state index in [0.29, 0.717) is 30.7 Å². The Bertz CT molecular complexity index is 1050. The van der Waals surface area contributed by atoms with Gasteiger partial charge in [-0.3, -0.25) is 9.59 Å². The molecule has 0 aliphatic carbocycles. The van der Waals surface area contributed by atoms with Gasteiger partial charge in [-0.05, 0) is 44.7 Å². The van der Waals surface area contributed by atoms with E-state index in [-0.39, 0.29) is 17.9 Å². The molecule has 1 aromatic carbocycles. The van der Waals surface area contributed by atoms with Crippen LogP contribution in [0.4, 0.5) is 0 Å². The van der Waals surface area contributed by atoms with Crippen LogP contribution in [0.5, 0.6) is 0 Å². The minimum atomic E-state index is -0.0450. The van der Waals surface area contributed by atoms with E-state index in [9.17, 15) is 9.59 Å². The first kappa shape index (κ1) is 20.1. The Balaban J connectivity index is 1.31. The van der Waals surface area contributed by atoms with Gasteiger partial charge in [-0.15, -0.1) is 0 Å². The van der Waals surface area contributed by atoms with E-state index in [2.05, 4.69) is 15.4 Å². The van der Waals surface area contributed by atoms with Crippen LogP contribution in [0.2, 0.25) is 0 Å². The Morgan fingerprint density at radius 2 is 1.87 bits per heavy atom. The lowest BCUT2D eigenvalue weighted by atomic mass is 10.0. The second-order valence-corrected chi connectivity index (χ2v) is 7.95. The molecule has 0 spiro atoms. The molecule has 0 atom stereocenters. The molecule has 3 aromatic rings. The van der Waals surface area contributed by atoms with Crippen molar-refractivity contribution in [2.45, 2.75) is 45.6 Å². The van der Waals surface area contributed by atoms with Crippen LogP contribution in [-0.2, 0) is 11.2 Å². The van der Waals surface area contributed by atoms with Crippen molar-refractivity contribution < 1.29 is 9.59 Å². The predicted octanol–water partition coefficient (Wildman–Crippen LogP) is 2.70. The Labute approximate surface area is 176 Å². The highest BCUT2D eigenvalue weighted by Gasteiger charge is 2.27. The topological polar surface area (TPSA) is 79.6 Å². The van der Waals surface area contributed by atoms with Crippen LogP contribution in [0, 0.1) is 13.8 Å². The highest BCUT2D eigenvalue weighted by molar-refractivity contribution is 5.99. The van der Waals surface area contributed by atoms with E-state index in [1.165, 1.54) is 5.56 Å². The molecule has 0 saturated carbocycles. The van der Waals surface area contributed by atoms with Gasteiger partial charge in [0.2, 0.25) is 5.91 Å². The number of hydrogen-bond donors (Lipinski definition) is 1. The molecular formula is C23H27N5O2. The summed E-state index contributed by atoms with van der Waals surface area (Å²) >= 11 is 0. The molecular weight excluding hydrogens is 378 g/mol. The highest BCUT2D eigenvalue weighted by atomic mass is 16.2. The van der Waals surface area contributed by atoms with Gasteiger partial charge < -0.3 is 10.2 Å². The zero-order valence-corrected chi connectivity index (χ0v) is 17.5. The fourth-order valence-corrected chi connectivity index (χ4v) is 4.02. The lowest BCUT2D eigenvalue weighted by Gasteiger charge is -2.32. The number of fused-ring (bicyclic) bond motifs is 1. The maximum absolute atomic E-state index is 13.0. The summed E-state index contributed by atoms with van der Waals surface area (Å²) in [6.07, 6.45) is 4.34. The molecule has 4 rings (SSSR count). The van der Waals surface area contributed by atoms with Crippen LogP contribution < -0.4 is 5.32 Å². The number of nitrogens with one attached hydrogen (secondary N) is 1. The van der Waals surface area contributed by atoms with Crippen molar-refractivity contribution in [3.8, 4) is 0 Å². The lowest BCUT2D eigenvalue weighted by molar-refractivity contribution is -0.122. The summed E-state index contributed by atoms with van der Waals surface area (Å²) in [7, 11) is 0. The quantitative estimate of drug-likeness (QED) is 0.708. The molecule has 30 heavy (non-hydrogen) atoms. The molecule has 1 saturated heterocycles. The molecule has 1 aliphatic heterocycles. The second kappa shape index (κ2) is 8.65. The smallest absolute Gasteiger partial charge is 0.259 e. The van der Waals surface area contributed by atoms with Crippen LogP contribution in [0.1, 0.15) is 46.6 Å². The number of benzene rings is 1. The number of rotatable bonds is 5. The zero-order valence-electron chi connectivity index (χ0n) is 17.5. The van der Waals surface area contributed by atoms with Crippen LogP contribution in [0.3, 0.4) is 0 Å². The minimum Gasteiger partial charge on any atom is -0.353 e. The summed E-state index contributed by atoms with van der Waals surface area (Å²) in [5, 5.41) is 7.45. The molecule has 7 nitrogen and oxygen atoms in total. The maximum Gasteiger partial charge on any atom is 0.259 e. The van der Waals surface area contributed by atoms with E-state index in [1.807, 2.05) is 55.1 Å².